The fourth-order valence-corrected chi connectivity index (χ4v) is 2.51. The van der Waals surface area contributed by atoms with Gasteiger partial charge in [0, 0.05) is 13.1 Å². The van der Waals surface area contributed by atoms with Gasteiger partial charge >= 0.3 is 0 Å². The van der Waals surface area contributed by atoms with E-state index >= 15 is 0 Å². The lowest BCUT2D eigenvalue weighted by Gasteiger charge is -2.39. The maximum Gasteiger partial charge on any atom is 0.232 e. The van der Waals surface area contributed by atoms with Gasteiger partial charge in [0.2, 0.25) is 5.91 Å². The molecule has 2 fully saturated rings. The van der Waals surface area contributed by atoms with Crippen LogP contribution < -0.4 is 11.1 Å². The Bertz CT molecular complexity index is 240. The zero-order chi connectivity index (χ0) is 11.4. The van der Waals surface area contributed by atoms with Crippen LogP contribution in [0.1, 0.15) is 32.1 Å². The lowest BCUT2D eigenvalue weighted by molar-refractivity contribution is -0.159. The lowest BCUT2D eigenvalue weighted by Crippen LogP contribution is -2.58. The van der Waals surface area contributed by atoms with E-state index in [1.54, 1.807) is 0 Å². The van der Waals surface area contributed by atoms with Crippen molar-refractivity contribution in [3.05, 3.63) is 0 Å². The third-order valence-corrected chi connectivity index (χ3v) is 3.91. The van der Waals surface area contributed by atoms with Gasteiger partial charge in [0.15, 0.2) is 0 Å². The number of hydrogen-bond acceptors (Lipinski definition) is 3. The molecule has 3 N–H and O–H groups in total. The number of nitrogens with two attached hydrogens (primary N) is 1. The van der Waals surface area contributed by atoms with Crippen LogP contribution in [-0.4, -0.2) is 32.2 Å². The predicted molar refractivity (Wildman–Crippen MR) is 61.9 cm³/mol. The van der Waals surface area contributed by atoms with Crippen molar-refractivity contribution in [2.75, 3.05) is 26.3 Å². The number of carbonyl (C=O) groups excluding carboxylic acids is 1. The van der Waals surface area contributed by atoms with Gasteiger partial charge in [-0.05, 0) is 18.8 Å². The van der Waals surface area contributed by atoms with Crippen molar-refractivity contribution >= 4 is 5.91 Å². The second-order valence-corrected chi connectivity index (χ2v) is 5.19. The average Bonchev–Trinajstić information content (AvgIpc) is 2.27. The Morgan fingerprint density at radius 1 is 1.31 bits per heavy atom. The van der Waals surface area contributed by atoms with Crippen molar-refractivity contribution in [1.29, 1.82) is 0 Å². The molecule has 4 heteroatoms. The Balaban J connectivity index is 1.74. The molecule has 0 spiro atoms. The summed E-state index contributed by atoms with van der Waals surface area (Å²) in [6, 6.07) is 0. The number of nitrogens with one attached hydrogen (secondary N) is 1. The van der Waals surface area contributed by atoms with E-state index in [-0.39, 0.29) is 5.91 Å². The van der Waals surface area contributed by atoms with Crippen LogP contribution in [0.15, 0.2) is 0 Å². The predicted octanol–water partition coefficient (Wildman–Crippen LogP) is 0.658. The number of rotatable bonds is 4. The second kappa shape index (κ2) is 5.15. The van der Waals surface area contributed by atoms with Crippen LogP contribution in [0.2, 0.25) is 0 Å². The fraction of sp³-hybridized carbons (Fsp3) is 0.917. The third-order valence-electron chi connectivity index (χ3n) is 3.91. The molecule has 0 aromatic rings. The topological polar surface area (TPSA) is 64.4 Å². The molecule has 2 rings (SSSR count). The van der Waals surface area contributed by atoms with Crippen LogP contribution >= 0.6 is 0 Å². The quantitative estimate of drug-likeness (QED) is 0.740. The van der Waals surface area contributed by atoms with Gasteiger partial charge in [-0.1, -0.05) is 19.3 Å². The van der Waals surface area contributed by atoms with E-state index in [4.69, 9.17) is 10.5 Å². The zero-order valence-electron chi connectivity index (χ0n) is 9.84. The van der Waals surface area contributed by atoms with Crippen LogP contribution in [0.5, 0.6) is 0 Å². The average molecular weight is 226 g/mol. The van der Waals surface area contributed by atoms with Crippen LogP contribution in [0.3, 0.4) is 0 Å². The molecular formula is C12H22N2O2. The first kappa shape index (κ1) is 11.9. The van der Waals surface area contributed by atoms with Gasteiger partial charge < -0.3 is 15.8 Å². The van der Waals surface area contributed by atoms with Gasteiger partial charge in [0.25, 0.3) is 0 Å². The van der Waals surface area contributed by atoms with Crippen molar-refractivity contribution in [2.24, 2.45) is 17.1 Å². The highest BCUT2D eigenvalue weighted by atomic mass is 16.5. The largest absolute Gasteiger partial charge is 0.379 e. The summed E-state index contributed by atoms with van der Waals surface area (Å²) < 4.78 is 5.10. The standard InChI is InChI=1S/C12H22N2O2/c13-7-12(8-16-9-12)11(15)14-6-10-4-2-1-3-5-10/h10H,1-9,13H2,(H,14,15). The molecule has 1 amide bonds. The minimum Gasteiger partial charge on any atom is -0.379 e. The normalized spacial score (nSPS) is 24.8. The number of carbonyl (C=O) groups is 1. The third kappa shape index (κ3) is 2.38. The summed E-state index contributed by atoms with van der Waals surface area (Å²) in [5, 5.41) is 3.05. The van der Waals surface area contributed by atoms with Gasteiger partial charge in [0.05, 0.1) is 13.2 Å². The molecule has 1 saturated heterocycles. The summed E-state index contributed by atoms with van der Waals surface area (Å²) in [5.41, 5.74) is 5.22. The number of ether oxygens (including phenoxy) is 1. The van der Waals surface area contributed by atoms with E-state index in [0.717, 1.165) is 6.54 Å². The highest BCUT2D eigenvalue weighted by Crippen LogP contribution is 2.27. The maximum atomic E-state index is 11.9. The Kier molecular flexibility index (Phi) is 3.82. The van der Waals surface area contributed by atoms with Crippen molar-refractivity contribution in [2.45, 2.75) is 32.1 Å². The summed E-state index contributed by atoms with van der Waals surface area (Å²) in [7, 11) is 0. The minimum atomic E-state index is -0.422. The molecule has 1 heterocycles. The van der Waals surface area contributed by atoms with Crippen molar-refractivity contribution in [1.82, 2.24) is 5.32 Å². The minimum absolute atomic E-state index is 0.0897. The van der Waals surface area contributed by atoms with E-state index in [9.17, 15) is 4.79 Å². The summed E-state index contributed by atoms with van der Waals surface area (Å²) in [6.45, 7) is 2.18. The summed E-state index contributed by atoms with van der Waals surface area (Å²) in [5.74, 6) is 0.764. The SMILES string of the molecule is NCC1(C(=O)NCC2CCCCC2)COC1. The highest BCUT2D eigenvalue weighted by Gasteiger charge is 2.44. The van der Waals surface area contributed by atoms with Crippen molar-refractivity contribution < 1.29 is 9.53 Å². The monoisotopic (exact) mass is 226 g/mol. The molecule has 0 atom stereocenters. The molecule has 16 heavy (non-hydrogen) atoms. The molecule has 1 aliphatic carbocycles. The Morgan fingerprint density at radius 2 is 2.00 bits per heavy atom. The van der Waals surface area contributed by atoms with E-state index in [1.165, 1.54) is 32.1 Å². The Labute approximate surface area is 96.9 Å². The summed E-state index contributed by atoms with van der Waals surface area (Å²) in [6.07, 6.45) is 6.49. The van der Waals surface area contributed by atoms with Crippen LogP contribution in [-0.2, 0) is 9.53 Å². The molecule has 0 unspecified atom stereocenters. The van der Waals surface area contributed by atoms with Crippen LogP contribution in [0, 0.1) is 11.3 Å². The molecule has 1 aliphatic heterocycles. The molecule has 0 radical (unpaired) electrons. The molecule has 1 saturated carbocycles. The van der Waals surface area contributed by atoms with Gasteiger partial charge in [0.1, 0.15) is 5.41 Å². The number of hydrogen-bond donors (Lipinski definition) is 2. The fourth-order valence-electron chi connectivity index (χ4n) is 2.51. The van der Waals surface area contributed by atoms with Gasteiger partial charge in [-0.3, -0.25) is 4.79 Å². The van der Waals surface area contributed by atoms with E-state index in [2.05, 4.69) is 5.32 Å². The molecule has 2 aliphatic rings. The van der Waals surface area contributed by atoms with E-state index < -0.39 is 5.41 Å². The second-order valence-electron chi connectivity index (χ2n) is 5.19. The molecule has 0 bridgehead atoms. The Hall–Kier alpha value is -0.610. The highest BCUT2D eigenvalue weighted by molar-refractivity contribution is 5.84. The molecule has 0 aromatic carbocycles. The smallest absolute Gasteiger partial charge is 0.232 e. The first-order valence-corrected chi connectivity index (χ1v) is 6.33. The van der Waals surface area contributed by atoms with Crippen molar-refractivity contribution in [3.8, 4) is 0 Å². The van der Waals surface area contributed by atoms with Crippen LogP contribution in [0.25, 0.3) is 0 Å². The summed E-state index contributed by atoms with van der Waals surface area (Å²) >= 11 is 0. The lowest BCUT2D eigenvalue weighted by atomic mass is 9.84. The molecule has 4 nitrogen and oxygen atoms in total. The summed E-state index contributed by atoms with van der Waals surface area (Å²) in [4.78, 5) is 11.9. The Morgan fingerprint density at radius 3 is 2.50 bits per heavy atom. The van der Waals surface area contributed by atoms with E-state index in [0.29, 0.717) is 25.7 Å². The number of amides is 1. The van der Waals surface area contributed by atoms with Gasteiger partial charge in [-0.15, -0.1) is 0 Å². The van der Waals surface area contributed by atoms with Crippen LogP contribution in [0.4, 0.5) is 0 Å². The van der Waals surface area contributed by atoms with Gasteiger partial charge in [-0.2, -0.15) is 0 Å². The molecule has 92 valence electrons. The molecular weight excluding hydrogens is 204 g/mol. The zero-order valence-corrected chi connectivity index (χ0v) is 9.84. The van der Waals surface area contributed by atoms with Gasteiger partial charge in [-0.25, -0.2) is 0 Å². The van der Waals surface area contributed by atoms with Crippen molar-refractivity contribution in [3.63, 3.8) is 0 Å². The maximum absolute atomic E-state index is 11.9. The molecule has 0 aromatic heterocycles. The first-order valence-electron chi connectivity index (χ1n) is 6.33. The van der Waals surface area contributed by atoms with E-state index in [1.807, 2.05) is 0 Å². The first-order chi connectivity index (χ1) is 7.77.